The van der Waals surface area contributed by atoms with E-state index < -0.39 is 0 Å². The molecule has 0 radical (unpaired) electrons. The average Bonchev–Trinajstić information content (AvgIpc) is 3.02. The molecule has 1 atom stereocenters. The summed E-state index contributed by atoms with van der Waals surface area (Å²) in [7, 11) is 0. The molecule has 3 aromatic rings. The monoisotopic (exact) mass is 341 g/mol. The Kier molecular flexibility index (Phi) is 3.68. The van der Waals surface area contributed by atoms with Crippen molar-refractivity contribution in [2.75, 3.05) is 5.32 Å². The molecule has 2 aromatic carbocycles. The molecule has 0 fully saturated rings. The maximum absolute atomic E-state index is 6.10. The summed E-state index contributed by atoms with van der Waals surface area (Å²) in [5.74, 6) is 0. The first-order valence-corrected chi connectivity index (χ1v) is 8.08. The molecule has 1 N–H and O–H groups in total. The molecule has 0 aliphatic carbocycles. The molecule has 3 nitrogen and oxygen atoms in total. The lowest BCUT2D eigenvalue weighted by Gasteiger charge is -2.12. The Hall–Kier alpha value is -2.10. The fraction of sp³-hybridized carbons (Fsp3) is 0.111. The molecule has 2 heterocycles. The van der Waals surface area contributed by atoms with Gasteiger partial charge in [-0.25, -0.2) is 9.97 Å². The molecule has 1 aliphatic rings. The molecule has 5 heteroatoms. The first-order valence-electron chi connectivity index (χ1n) is 7.32. The summed E-state index contributed by atoms with van der Waals surface area (Å²) in [6.45, 7) is 0. The molecule has 4 rings (SSSR count). The average molecular weight is 342 g/mol. The molecule has 0 saturated heterocycles. The molecule has 1 unspecified atom stereocenters. The second kappa shape index (κ2) is 5.84. The van der Waals surface area contributed by atoms with E-state index >= 15 is 0 Å². The smallest absolute Gasteiger partial charge is 0.116 e. The predicted molar refractivity (Wildman–Crippen MR) is 94.0 cm³/mol. The molecule has 23 heavy (non-hydrogen) atoms. The van der Waals surface area contributed by atoms with E-state index in [1.54, 1.807) is 12.4 Å². The molecule has 114 valence electrons. The van der Waals surface area contributed by atoms with Crippen molar-refractivity contribution in [3.63, 3.8) is 0 Å². The fourth-order valence-corrected chi connectivity index (χ4v) is 3.15. The van der Waals surface area contributed by atoms with Crippen molar-refractivity contribution < 1.29 is 0 Å². The molecular weight excluding hydrogens is 329 g/mol. The zero-order chi connectivity index (χ0) is 15.8. The van der Waals surface area contributed by atoms with Crippen LogP contribution in [0.15, 0.2) is 54.9 Å². The summed E-state index contributed by atoms with van der Waals surface area (Å²) in [6.07, 6.45) is 2.52. The number of nitrogens with one attached hydrogen (secondary N) is 1. The van der Waals surface area contributed by atoms with Crippen molar-refractivity contribution in [2.24, 2.45) is 0 Å². The predicted octanol–water partition coefficient (Wildman–Crippen LogP) is 5.16. The highest BCUT2D eigenvalue weighted by atomic mass is 35.5. The van der Waals surface area contributed by atoms with Gasteiger partial charge in [0.05, 0.1) is 27.5 Å². The van der Waals surface area contributed by atoms with Crippen LogP contribution in [0.3, 0.4) is 0 Å². The van der Waals surface area contributed by atoms with Crippen LogP contribution in [0.2, 0.25) is 10.0 Å². The minimum Gasteiger partial charge on any atom is -0.376 e. The number of benzene rings is 2. The van der Waals surface area contributed by atoms with E-state index in [1.165, 1.54) is 11.3 Å². The largest absolute Gasteiger partial charge is 0.376 e. The van der Waals surface area contributed by atoms with E-state index in [-0.39, 0.29) is 6.04 Å². The molecular formula is C18H13Cl2N3. The van der Waals surface area contributed by atoms with Crippen LogP contribution in [0.4, 0.5) is 5.69 Å². The summed E-state index contributed by atoms with van der Waals surface area (Å²) >= 11 is 12.1. The first kappa shape index (κ1) is 14.5. The lowest BCUT2D eigenvalue weighted by molar-refractivity contribution is 0.782. The third-order valence-corrected chi connectivity index (χ3v) is 4.77. The van der Waals surface area contributed by atoms with Crippen LogP contribution in [0.1, 0.15) is 17.3 Å². The zero-order valence-electron chi connectivity index (χ0n) is 12.1. The van der Waals surface area contributed by atoms with Crippen molar-refractivity contribution in [3.8, 4) is 11.3 Å². The standard InChI is InChI=1S/C18H13Cl2N3/c19-13-6-5-12(7-14(13)20)16-9-17(22-10-21-16)18-8-11-3-1-2-4-15(11)23-18/h1-7,9-10,18,23H,8H2. The van der Waals surface area contributed by atoms with Gasteiger partial charge in [0.2, 0.25) is 0 Å². The Morgan fingerprint density at radius 3 is 2.65 bits per heavy atom. The van der Waals surface area contributed by atoms with Gasteiger partial charge in [-0.3, -0.25) is 0 Å². The SMILES string of the molecule is Clc1ccc(-c2cc(C3Cc4ccccc4N3)ncn2)cc1Cl. The molecule has 0 saturated carbocycles. The Morgan fingerprint density at radius 2 is 1.83 bits per heavy atom. The van der Waals surface area contributed by atoms with Crippen LogP contribution in [-0.4, -0.2) is 9.97 Å². The van der Waals surface area contributed by atoms with E-state index in [9.17, 15) is 0 Å². The molecule has 1 aliphatic heterocycles. The highest BCUT2D eigenvalue weighted by Crippen LogP contribution is 2.34. The topological polar surface area (TPSA) is 37.8 Å². The number of aromatic nitrogens is 2. The maximum atomic E-state index is 6.10. The van der Waals surface area contributed by atoms with Gasteiger partial charge < -0.3 is 5.32 Å². The molecule has 0 spiro atoms. The van der Waals surface area contributed by atoms with Gasteiger partial charge in [0.15, 0.2) is 0 Å². The Morgan fingerprint density at radius 1 is 0.957 bits per heavy atom. The third kappa shape index (κ3) is 2.78. The van der Waals surface area contributed by atoms with Crippen molar-refractivity contribution >= 4 is 28.9 Å². The third-order valence-electron chi connectivity index (χ3n) is 4.03. The van der Waals surface area contributed by atoms with Gasteiger partial charge >= 0.3 is 0 Å². The highest BCUT2D eigenvalue weighted by molar-refractivity contribution is 6.42. The van der Waals surface area contributed by atoms with E-state index in [2.05, 4.69) is 33.5 Å². The van der Waals surface area contributed by atoms with Crippen LogP contribution in [0.25, 0.3) is 11.3 Å². The Bertz CT molecular complexity index is 855. The number of para-hydroxylation sites is 1. The van der Waals surface area contributed by atoms with Crippen molar-refractivity contribution in [1.29, 1.82) is 0 Å². The van der Waals surface area contributed by atoms with Crippen molar-refractivity contribution in [3.05, 3.63) is 76.2 Å². The quantitative estimate of drug-likeness (QED) is 0.699. The fourth-order valence-electron chi connectivity index (χ4n) is 2.85. The van der Waals surface area contributed by atoms with E-state index in [4.69, 9.17) is 23.2 Å². The number of hydrogen-bond acceptors (Lipinski definition) is 3. The highest BCUT2D eigenvalue weighted by Gasteiger charge is 2.23. The van der Waals surface area contributed by atoms with Crippen LogP contribution in [0, 0.1) is 0 Å². The zero-order valence-corrected chi connectivity index (χ0v) is 13.6. The second-order valence-electron chi connectivity index (χ2n) is 5.52. The summed E-state index contributed by atoms with van der Waals surface area (Å²) < 4.78 is 0. The number of fused-ring (bicyclic) bond motifs is 1. The number of nitrogens with zero attached hydrogens (tertiary/aromatic N) is 2. The van der Waals surface area contributed by atoms with Crippen LogP contribution in [-0.2, 0) is 6.42 Å². The van der Waals surface area contributed by atoms with Crippen molar-refractivity contribution in [1.82, 2.24) is 9.97 Å². The number of hydrogen-bond donors (Lipinski definition) is 1. The van der Waals surface area contributed by atoms with E-state index in [1.807, 2.05) is 24.3 Å². The lowest BCUT2D eigenvalue weighted by Crippen LogP contribution is -2.08. The second-order valence-corrected chi connectivity index (χ2v) is 6.33. The van der Waals surface area contributed by atoms with Gasteiger partial charge in [-0.1, -0.05) is 47.5 Å². The molecule has 0 bridgehead atoms. The van der Waals surface area contributed by atoms with Gasteiger partial charge in [-0.05, 0) is 29.8 Å². The summed E-state index contributed by atoms with van der Waals surface area (Å²) in [5.41, 5.74) is 5.22. The minimum absolute atomic E-state index is 0.164. The van der Waals surface area contributed by atoms with Crippen LogP contribution >= 0.6 is 23.2 Å². The summed E-state index contributed by atoms with van der Waals surface area (Å²) in [5, 5.41) is 4.58. The lowest BCUT2D eigenvalue weighted by atomic mass is 10.1. The van der Waals surface area contributed by atoms with Crippen molar-refractivity contribution in [2.45, 2.75) is 12.5 Å². The number of rotatable bonds is 2. The number of halogens is 2. The van der Waals surface area contributed by atoms with Crippen LogP contribution < -0.4 is 5.32 Å². The van der Waals surface area contributed by atoms with Gasteiger partial charge in [-0.2, -0.15) is 0 Å². The first-order chi connectivity index (χ1) is 11.2. The molecule has 0 amide bonds. The minimum atomic E-state index is 0.164. The van der Waals surface area contributed by atoms with E-state index in [0.29, 0.717) is 10.0 Å². The Labute approximate surface area is 144 Å². The summed E-state index contributed by atoms with van der Waals surface area (Å²) in [4.78, 5) is 8.80. The van der Waals surface area contributed by atoms with Crippen LogP contribution in [0.5, 0.6) is 0 Å². The number of anilines is 1. The van der Waals surface area contributed by atoms with Gasteiger partial charge in [0, 0.05) is 17.7 Å². The van der Waals surface area contributed by atoms with Gasteiger partial charge in [0.25, 0.3) is 0 Å². The van der Waals surface area contributed by atoms with E-state index in [0.717, 1.165) is 23.4 Å². The maximum Gasteiger partial charge on any atom is 0.116 e. The Balaban J connectivity index is 1.66. The van der Waals surface area contributed by atoms with Gasteiger partial charge in [0.1, 0.15) is 6.33 Å². The normalized spacial score (nSPS) is 16.0. The molecule has 1 aromatic heterocycles. The van der Waals surface area contributed by atoms with Gasteiger partial charge in [-0.15, -0.1) is 0 Å². The summed E-state index contributed by atoms with van der Waals surface area (Å²) in [6, 6.07) is 16.0.